The molecule has 0 radical (unpaired) electrons. The van der Waals surface area contributed by atoms with E-state index in [1.165, 1.54) is 6.08 Å². The number of benzene rings is 1. The third-order valence-corrected chi connectivity index (χ3v) is 3.97. The first kappa shape index (κ1) is 21.6. The van der Waals surface area contributed by atoms with E-state index in [1.54, 1.807) is 18.2 Å². The molecule has 0 aliphatic carbocycles. The molecule has 152 valence electrons. The van der Waals surface area contributed by atoms with Crippen LogP contribution >= 0.6 is 0 Å². The summed E-state index contributed by atoms with van der Waals surface area (Å²) in [4.78, 5) is 38.2. The Morgan fingerprint density at radius 2 is 2.00 bits per heavy atom. The van der Waals surface area contributed by atoms with Gasteiger partial charge in [0.25, 0.3) is 5.91 Å². The quantitative estimate of drug-likeness (QED) is 0.366. The summed E-state index contributed by atoms with van der Waals surface area (Å²) in [7, 11) is 0. The van der Waals surface area contributed by atoms with Gasteiger partial charge in [-0.1, -0.05) is 13.0 Å². The lowest BCUT2D eigenvalue weighted by Gasteiger charge is -2.30. The number of fused-ring (bicyclic) bond motifs is 1. The number of esters is 1. The predicted molar refractivity (Wildman–Crippen MR) is 101 cm³/mol. The van der Waals surface area contributed by atoms with Crippen molar-refractivity contribution in [2.24, 2.45) is 4.99 Å². The molecule has 1 heterocycles. The van der Waals surface area contributed by atoms with Gasteiger partial charge in [-0.15, -0.1) is 0 Å². The lowest BCUT2D eigenvalue weighted by Crippen LogP contribution is -2.46. The summed E-state index contributed by atoms with van der Waals surface area (Å²) >= 11 is 0. The van der Waals surface area contributed by atoms with Crippen LogP contribution in [0.5, 0.6) is 5.75 Å². The van der Waals surface area contributed by atoms with Crippen LogP contribution in [-0.2, 0) is 19.1 Å². The normalized spacial score (nSPS) is 15.1. The van der Waals surface area contributed by atoms with E-state index in [9.17, 15) is 14.4 Å². The minimum atomic E-state index is -1.28. The molecule has 1 amide bonds. The number of carboxylic acid groups (broad SMARTS) is 1. The van der Waals surface area contributed by atoms with Crippen LogP contribution in [0, 0.1) is 0 Å². The van der Waals surface area contributed by atoms with Crippen molar-refractivity contribution < 1.29 is 29.0 Å². The number of nitrogens with one attached hydrogen (secondary N) is 1. The summed E-state index contributed by atoms with van der Waals surface area (Å²) in [5, 5.41) is 13.2. The Bertz CT molecular complexity index is 872. The van der Waals surface area contributed by atoms with Crippen molar-refractivity contribution in [1.29, 1.82) is 0 Å². The van der Waals surface area contributed by atoms with Crippen LogP contribution < -0.4 is 20.6 Å². The molecule has 2 N–H and O–H groups in total. The molecule has 1 aromatic rings. The zero-order valence-electron chi connectivity index (χ0n) is 16.5. The van der Waals surface area contributed by atoms with E-state index in [0.29, 0.717) is 22.7 Å². The number of carbonyl (C=O) groups excluding carboxylic acids is 2. The maximum absolute atomic E-state index is 11.9. The number of aliphatic carboxylic acids is 1. The van der Waals surface area contributed by atoms with Crippen LogP contribution in [0.2, 0.25) is 0 Å². The summed E-state index contributed by atoms with van der Waals surface area (Å²) < 4.78 is 11.2. The molecule has 1 aliphatic rings. The molecule has 1 aromatic carbocycles. The topological polar surface area (TPSA) is 114 Å². The lowest BCUT2D eigenvalue weighted by atomic mass is 10.0. The fourth-order valence-corrected chi connectivity index (χ4v) is 2.90. The second-order valence-electron chi connectivity index (χ2n) is 7.63. The first-order chi connectivity index (χ1) is 13.1. The summed E-state index contributed by atoms with van der Waals surface area (Å²) in [5.41, 5.74) is -0.163. The van der Waals surface area contributed by atoms with Gasteiger partial charge in [0, 0.05) is 29.3 Å². The number of carboxylic acids is 1. The molecule has 0 aromatic heterocycles. The second kappa shape index (κ2) is 8.97. The van der Waals surface area contributed by atoms with Crippen molar-refractivity contribution >= 4 is 23.9 Å². The Morgan fingerprint density at radius 3 is 2.61 bits per heavy atom. The minimum Gasteiger partial charge on any atom is -0.481 e. The molecule has 8 heteroatoms. The summed E-state index contributed by atoms with van der Waals surface area (Å²) in [6, 6.07) is 4.99. The zero-order valence-corrected chi connectivity index (χ0v) is 16.5. The van der Waals surface area contributed by atoms with Gasteiger partial charge in [0.1, 0.15) is 12.2 Å². The Labute approximate surface area is 163 Å². The van der Waals surface area contributed by atoms with E-state index < -0.39 is 24.6 Å². The highest BCUT2D eigenvalue weighted by atomic mass is 16.7. The summed E-state index contributed by atoms with van der Waals surface area (Å²) in [6.45, 7) is 8.06. The van der Waals surface area contributed by atoms with Gasteiger partial charge in [-0.05, 0) is 39.3 Å². The third-order valence-electron chi connectivity index (χ3n) is 3.97. The molecule has 8 nitrogen and oxygen atoms in total. The number of amides is 1. The van der Waals surface area contributed by atoms with Crippen LogP contribution in [0.25, 0.3) is 6.08 Å². The van der Waals surface area contributed by atoms with E-state index in [2.05, 4.69) is 10.3 Å². The fourth-order valence-electron chi connectivity index (χ4n) is 2.90. The zero-order chi connectivity index (χ0) is 20.9. The SMILES string of the molecule is CCC(CC(OC(=O)CC(=O)O)Oc1cccc2c1=CC(=O)N=2)NC(C)(C)C. The van der Waals surface area contributed by atoms with Gasteiger partial charge in [0.2, 0.25) is 6.29 Å². The smallest absolute Gasteiger partial charge is 0.320 e. The molecule has 2 unspecified atom stereocenters. The van der Waals surface area contributed by atoms with Crippen molar-refractivity contribution in [2.75, 3.05) is 0 Å². The van der Waals surface area contributed by atoms with E-state index >= 15 is 0 Å². The number of hydrogen-bond donors (Lipinski definition) is 2. The maximum atomic E-state index is 11.9. The number of nitrogens with zero attached hydrogens (tertiary/aromatic N) is 1. The monoisotopic (exact) mass is 390 g/mol. The van der Waals surface area contributed by atoms with Crippen molar-refractivity contribution in [2.45, 2.75) is 64.8 Å². The average Bonchev–Trinajstić information content (AvgIpc) is 2.93. The van der Waals surface area contributed by atoms with Crippen LogP contribution in [-0.4, -0.2) is 40.8 Å². The van der Waals surface area contributed by atoms with E-state index in [-0.39, 0.29) is 17.5 Å². The highest BCUT2D eigenvalue weighted by Gasteiger charge is 2.25. The Hall–Kier alpha value is -2.74. The fraction of sp³-hybridized carbons (Fsp3) is 0.500. The van der Waals surface area contributed by atoms with Gasteiger partial charge < -0.3 is 19.9 Å². The van der Waals surface area contributed by atoms with Gasteiger partial charge in [0.05, 0.1) is 5.36 Å². The average molecular weight is 390 g/mol. The molecule has 2 rings (SSSR count). The first-order valence-electron chi connectivity index (χ1n) is 9.16. The summed E-state index contributed by atoms with van der Waals surface area (Å²) in [5.74, 6) is -2.19. The minimum absolute atomic E-state index is 0.0327. The molecule has 28 heavy (non-hydrogen) atoms. The van der Waals surface area contributed by atoms with E-state index in [1.807, 2.05) is 27.7 Å². The van der Waals surface area contributed by atoms with Crippen molar-refractivity contribution in [3.8, 4) is 5.75 Å². The molecular formula is C20H26N2O6. The second-order valence-corrected chi connectivity index (χ2v) is 7.63. The predicted octanol–water partition coefficient (Wildman–Crippen LogP) is 0.907. The number of hydrogen-bond acceptors (Lipinski definition) is 6. The lowest BCUT2D eigenvalue weighted by molar-refractivity contribution is -0.168. The highest BCUT2D eigenvalue weighted by Crippen LogP contribution is 2.15. The molecule has 1 aliphatic heterocycles. The van der Waals surface area contributed by atoms with Crippen molar-refractivity contribution in [3.05, 3.63) is 28.8 Å². The highest BCUT2D eigenvalue weighted by molar-refractivity contribution is 6.06. The van der Waals surface area contributed by atoms with E-state index in [4.69, 9.17) is 14.6 Å². The van der Waals surface area contributed by atoms with Gasteiger partial charge >= 0.3 is 11.9 Å². The molecule has 0 fully saturated rings. The van der Waals surface area contributed by atoms with Crippen LogP contribution in [0.3, 0.4) is 0 Å². The Balaban J connectivity index is 2.24. The molecule has 0 spiro atoms. The molecule has 0 saturated carbocycles. The Morgan fingerprint density at radius 1 is 1.29 bits per heavy atom. The molecule has 2 atom stereocenters. The van der Waals surface area contributed by atoms with Gasteiger partial charge in [-0.2, -0.15) is 0 Å². The molecule has 0 saturated heterocycles. The Kier molecular flexibility index (Phi) is 6.90. The maximum Gasteiger partial charge on any atom is 0.320 e. The van der Waals surface area contributed by atoms with Crippen LogP contribution in [0.4, 0.5) is 0 Å². The van der Waals surface area contributed by atoms with Crippen molar-refractivity contribution in [1.82, 2.24) is 5.32 Å². The van der Waals surface area contributed by atoms with Gasteiger partial charge in [-0.25, -0.2) is 4.99 Å². The largest absolute Gasteiger partial charge is 0.481 e. The molecule has 0 bridgehead atoms. The first-order valence-corrected chi connectivity index (χ1v) is 9.16. The molecular weight excluding hydrogens is 364 g/mol. The number of rotatable bonds is 9. The van der Waals surface area contributed by atoms with Crippen molar-refractivity contribution in [3.63, 3.8) is 0 Å². The van der Waals surface area contributed by atoms with Gasteiger partial charge in [0.15, 0.2) is 0 Å². The standard InChI is InChI=1S/C20H26N2O6/c1-5-12(22-20(2,3)4)9-19(28-18(26)11-17(24)25)27-15-8-6-7-14-13(15)10-16(23)21-14/h6-8,10,12,19,22H,5,9,11H2,1-4H3,(H,24,25). The van der Waals surface area contributed by atoms with Crippen LogP contribution in [0.15, 0.2) is 23.2 Å². The summed E-state index contributed by atoms with van der Waals surface area (Å²) in [6.07, 6.45) is 0.651. The van der Waals surface area contributed by atoms with E-state index in [0.717, 1.165) is 6.42 Å². The number of carbonyl (C=O) groups is 3. The third kappa shape index (κ3) is 6.45. The van der Waals surface area contributed by atoms with Gasteiger partial charge in [-0.3, -0.25) is 14.4 Å². The number of ether oxygens (including phenoxy) is 2. The van der Waals surface area contributed by atoms with Crippen LogP contribution in [0.1, 0.15) is 47.0 Å².